The van der Waals surface area contributed by atoms with E-state index in [0.29, 0.717) is 25.9 Å². The van der Waals surface area contributed by atoms with Crippen molar-refractivity contribution in [3.8, 4) is 0 Å². The molecule has 0 spiro atoms. The van der Waals surface area contributed by atoms with Crippen LogP contribution in [0.25, 0.3) is 0 Å². The highest BCUT2D eigenvalue weighted by Gasteiger charge is 2.30. The number of amides is 1. The SMILES string of the molecule is CC(C(=O)NC(c1ccccc1)c1ccccc1)N1CCC(NS(=O)(=O)c2ccc(F)cc2)CC1. The van der Waals surface area contributed by atoms with Crippen molar-refractivity contribution in [2.75, 3.05) is 13.1 Å². The number of likely N-dealkylation sites (tertiary alicyclic amines) is 1. The summed E-state index contributed by atoms with van der Waals surface area (Å²) in [4.78, 5) is 15.3. The minimum Gasteiger partial charge on any atom is -0.344 e. The predicted molar refractivity (Wildman–Crippen MR) is 134 cm³/mol. The topological polar surface area (TPSA) is 78.5 Å². The molecule has 1 heterocycles. The third kappa shape index (κ3) is 6.33. The molecule has 1 aliphatic heterocycles. The lowest BCUT2D eigenvalue weighted by Crippen LogP contribution is -2.52. The Kier molecular flexibility index (Phi) is 7.95. The summed E-state index contributed by atoms with van der Waals surface area (Å²) in [6.07, 6.45) is 1.16. The number of nitrogens with one attached hydrogen (secondary N) is 2. The molecule has 2 N–H and O–H groups in total. The van der Waals surface area contributed by atoms with Gasteiger partial charge >= 0.3 is 0 Å². The lowest BCUT2D eigenvalue weighted by molar-refractivity contribution is -0.126. The first-order valence-electron chi connectivity index (χ1n) is 11.8. The molecular formula is C27H30FN3O3S. The molecule has 0 saturated carbocycles. The number of carbonyl (C=O) groups excluding carboxylic acids is 1. The Morgan fingerprint density at radius 3 is 1.91 bits per heavy atom. The molecule has 1 atom stereocenters. The average molecular weight is 496 g/mol. The monoisotopic (exact) mass is 495 g/mol. The van der Waals surface area contributed by atoms with E-state index in [-0.39, 0.29) is 28.9 Å². The van der Waals surface area contributed by atoms with E-state index >= 15 is 0 Å². The Balaban J connectivity index is 1.36. The van der Waals surface area contributed by atoms with Crippen LogP contribution in [-0.2, 0) is 14.8 Å². The Morgan fingerprint density at radius 1 is 0.886 bits per heavy atom. The molecule has 8 heteroatoms. The van der Waals surface area contributed by atoms with Gasteiger partial charge in [-0.3, -0.25) is 9.69 Å². The molecule has 1 unspecified atom stereocenters. The molecule has 0 aliphatic carbocycles. The molecule has 0 bridgehead atoms. The number of rotatable bonds is 8. The predicted octanol–water partition coefficient (Wildman–Crippen LogP) is 3.86. The zero-order valence-electron chi connectivity index (χ0n) is 19.6. The maximum atomic E-state index is 13.2. The molecule has 1 saturated heterocycles. The second-order valence-electron chi connectivity index (χ2n) is 8.82. The first-order chi connectivity index (χ1) is 16.8. The van der Waals surface area contributed by atoms with Gasteiger partial charge in [-0.1, -0.05) is 60.7 Å². The number of hydrogen-bond donors (Lipinski definition) is 2. The Labute approximate surface area is 206 Å². The molecule has 1 aliphatic rings. The van der Waals surface area contributed by atoms with E-state index in [4.69, 9.17) is 0 Å². The quantitative estimate of drug-likeness (QED) is 0.498. The van der Waals surface area contributed by atoms with Crippen LogP contribution >= 0.6 is 0 Å². The zero-order chi connectivity index (χ0) is 24.8. The van der Waals surface area contributed by atoms with Crippen LogP contribution in [0.1, 0.15) is 36.9 Å². The summed E-state index contributed by atoms with van der Waals surface area (Å²) in [5.41, 5.74) is 2.02. The largest absolute Gasteiger partial charge is 0.344 e. The molecular weight excluding hydrogens is 465 g/mol. The highest BCUT2D eigenvalue weighted by Crippen LogP contribution is 2.23. The summed E-state index contributed by atoms with van der Waals surface area (Å²) >= 11 is 0. The van der Waals surface area contributed by atoms with Crippen molar-refractivity contribution in [2.24, 2.45) is 0 Å². The summed E-state index contributed by atoms with van der Waals surface area (Å²) < 4.78 is 41.1. The summed E-state index contributed by atoms with van der Waals surface area (Å²) in [5.74, 6) is -0.556. The van der Waals surface area contributed by atoms with Crippen molar-refractivity contribution in [3.63, 3.8) is 0 Å². The van der Waals surface area contributed by atoms with Crippen LogP contribution in [0.2, 0.25) is 0 Å². The zero-order valence-corrected chi connectivity index (χ0v) is 20.4. The minimum atomic E-state index is -3.72. The van der Waals surface area contributed by atoms with Gasteiger partial charge in [0.05, 0.1) is 17.0 Å². The van der Waals surface area contributed by atoms with Gasteiger partial charge in [0.15, 0.2) is 0 Å². The van der Waals surface area contributed by atoms with Gasteiger partial charge in [-0.25, -0.2) is 17.5 Å². The highest BCUT2D eigenvalue weighted by atomic mass is 32.2. The summed E-state index contributed by atoms with van der Waals surface area (Å²) in [5, 5.41) is 3.20. The fraction of sp³-hybridized carbons (Fsp3) is 0.296. The third-order valence-corrected chi connectivity index (χ3v) is 7.99. The van der Waals surface area contributed by atoms with E-state index < -0.39 is 15.8 Å². The van der Waals surface area contributed by atoms with Crippen LogP contribution in [0.3, 0.4) is 0 Å². The number of piperidine rings is 1. The van der Waals surface area contributed by atoms with Crippen LogP contribution in [0.4, 0.5) is 4.39 Å². The van der Waals surface area contributed by atoms with Crippen molar-refractivity contribution in [1.29, 1.82) is 0 Å². The van der Waals surface area contributed by atoms with E-state index in [1.807, 2.05) is 67.6 Å². The molecule has 35 heavy (non-hydrogen) atoms. The fourth-order valence-electron chi connectivity index (χ4n) is 4.38. The smallest absolute Gasteiger partial charge is 0.240 e. The van der Waals surface area contributed by atoms with Crippen molar-refractivity contribution in [1.82, 2.24) is 14.9 Å². The Bertz CT molecular complexity index is 1170. The first kappa shape index (κ1) is 25.0. The van der Waals surface area contributed by atoms with Gasteiger partial charge in [0.1, 0.15) is 5.82 Å². The van der Waals surface area contributed by atoms with Crippen molar-refractivity contribution >= 4 is 15.9 Å². The lowest BCUT2D eigenvalue weighted by atomic mass is 9.98. The Morgan fingerprint density at radius 2 is 1.40 bits per heavy atom. The first-order valence-corrected chi connectivity index (χ1v) is 13.2. The molecule has 1 fully saturated rings. The lowest BCUT2D eigenvalue weighted by Gasteiger charge is -2.36. The van der Waals surface area contributed by atoms with Crippen LogP contribution in [0.5, 0.6) is 0 Å². The van der Waals surface area contributed by atoms with Gasteiger partial charge < -0.3 is 5.32 Å². The number of halogens is 1. The molecule has 6 nitrogen and oxygen atoms in total. The van der Waals surface area contributed by atoms with Crippen LogP contribution in [-0.4, -0.2) is 44.4 Å². The normalized spacial score (nSPS) is 16.2. The van der Waals surface area contributed by atoms with Gasteiger partial charge in [-0.15, -0.1) is 0 Å². The molecule has 3 aromatic rings. The van der Waals surface area contributed by atoms with Crippen molar-refractivity contribution < 1.29 is 17.6 Å². The number of sulfonamides is 1. The second-order valence-corrected chi connectivity index (χ2v) is 10.5. The number of hydrogen-bond acceptors (Lipinski definition) is 4. The van der Waals surface area contributed by atoms with Gasteiger partial charge in [-0.05, 0) is 55.2 Å². The molecule has 0 radical (unpaired) electrons. The van der Waals surface area contributed by atoms with Gasteiger partial charge in [-0.2, -0.15) is 0 Å². The summed E-state index contributed by atoms with van der Waals surface area (Å²) in [7, 11) is -3.72. The fourth-order valence-corrected chi connectivity index (χ4v) is 5.69. The van der Waals surface area contributed by atoms with Crippen molar-refractivity contribution in [3.05, 3.63) is 102 Å². The summed E-state index contributed by atoms with van der Waals surface area (Å²) in [6, 6.07) is 23.7. The van der Waals surface area contributed by atoms with Crippen LogP contribution < -0.4 is 10.0 Å². The summed E-state index contributed by atoms with van der Waals surface area (Å²) in [6.45, 7) is 3.06. The third-order valence-electron chi connectivity index (χ3n) is 6.45. The van der Waals surface area contributed by atoms with E-state index in [2.05, 4.69) is 14.9 Å². The highest BCUT2D eigenvalue weighted by molar-refractivity contribution is 7.89. The van der Waals surface area contributed by atoms with Gasteiger partial charge in [0.25, 0.3) is 0 Å². The van der Waals surface area contributed by atoms with Gasteiger partial charge in [0, 0.05) is 19.1 Å². The molecule has 1 amide bonds. The molecule has 184 valence electrons. The van der Waals surface area contributed by atoms with E-state index in [9.17, 15) is 17.6 Å². The average Bonchev–Trinajstić information content (AvgIpc) is 2.88. The number of nitrogens with zero attached hydrogens (tertiary/aromatic N) is 1. The maximum absolute atomic E-state index is 13.2. The number of benzene rings is 3. The standard InChI is InChI=1S/C27H30FN3O3S/c1-20(27(32)29-26(21-8-4-2-5-9-21)22-10-6-3-7-11-22)31-18-16-24(17-19-31)30-35(33,34)25-14-12-23(28)13-15-25/h2-15,20,24,26,30H,16-19H2,1H3,(H,29,32). The van der Waals surface area contributed by atoms with E-state index in [0.717, 1.165) is 23.3 Å². The van der Waals surface area contributed by atoms with Crippen molar-refractivity contribution in [2.45, 2.75) is 42.8 Å². The Hall–Kier alpha value is -3.07. The second kappa shape index (κ2) is 11.1. The number of carbonyl (C=O) groups is 1. The minimum absolute atomic E-state index is 0.0435. The molecule has 3 aromatic carbocycles. The maximum Gasteiger partial charge on any atom is 0.240 e. The van der Waals surface area contributed by atoms with E-state index in [1.165, 1.54) is 12.1 Å². The van der Waals surface area contributed by atoms with E-state index in [1.54, 1.807) is 0 Å². The van der Waals surface area contributed by atoms with Crippen LogP contribution in [0.15, 0.2) is 89.8 Å². The van der Waals surface area contributed by atoms with Crippen LogP contribution in [0, 0.1) is 5.82 Å². The molecule has 4 rings (SSSR count). The molecule has 0 aromatic heterocycles. The van der Waals surface area contributed by atoms with Gasteiger partial charge in [0.2, 0.25) is 15.9 Å².